The third-order valence-electron chi connectivity index (χ3n) is 4.61. The lowest BCUT2D eigenvalue weighted by Gasteiger charge is -2.13. The van der Waals surface area contributed by atoms with E-state index in [0.717, 1.165) is 48.5 Å². The molecule has 3 nitrogen and oxygen atoms in total. The van der Waals surface area contributed by atoms with Crippen LogP contribution in [0.15, 0.2) is 55.1 Å². The average Bonchev–Trinajstić information content (AvgIpc) is 3.09. The van der Waals surface area contributed by atoms with Gasteiger partial charge in [-0.25, -0.2) is 0 Å². The highest BCUT2D eigenvalue weighted by Gasteiger charge is 2.27. The van der Waals surface area contributed by atoms with E-state index in [1.165, 1.54) is 18.4 Å². The molecule has 26 heavy (non-hydrogen) atoms. The zero-order valence-corrected chi connectivity index (χ0v) is 15.6. The SMILES string of the molecule is C=CCc1c(OCc2ccccc2)ccc2c1CC(OCCCCC)O2. The normalized spacial score (nSPS) is 15.3. The van der Waals surface area contributed by atoms with Gasteiger partial charge in [0.05, 0.1) is 6.61 Å². The van der Waals surface area contributed by atoms with Crippen molar-refractivity contribution in [3.8, 4) is 11.5 Å². The minimum atomic E-state index is -0.185. The standard InChI is InChI=1S/C23H28O3/c1-3-5-9-15-24-23-16-20-19(10-4-2)21(13-14-22(20)26-23)25-17-18-11-7-6-8-12-18/h4,6-8,11-14,23H,2-3,5,9-10,15-17H2,1H3. The summed E-state index contributed by atoms with van der Waals surface area (Å²) in [7, 11) is 0. The summed E-state index contributed by atoms with van der Waals surface area (Å²) in [5.41, 5.74) is 3.51. The summed E-state index contributed by atoms with van der Waals surface area (Å²) >= 11 is 0. The van der Waals surface area contributed by atoms with Crippen LogP contribution in [0.1, 0.15) is 42.9 Å². The summed E-state index contributed by atoms with van der Waals surface area (Å²) in [6.45, 7) is 7.40. The van der Waals surface area contributed by atoms with Crippen LogP contribution in [-0.4, -0.2) is 12.9 Å². The number of allylic oxidation sites excluding steroid dienone is 1. The van der Waals surface area contributed by atoms with Gasteiger partial charge in [0.15, 0.2) is 0 Å². The molecular formula is C23H28O3. The number of ether oxygens (including phenoxy) is 3. The van der Waals surface area contributed by atoms with Crippen LogP contribution in [0.2, 0.25) is 0 Å². The lowest BCUT2D eigenvalue weighted by Crippen LogP contribution is -2.18. The van der Waals surface area contributed by atoms with Gasteiger partial charge in [0, 0.05) is 17.5 Å². The van der Waals surface area contributed by atoms with E-state index in [4.69, 9.17) is 14.2 Å². The topological polar surface area (TPSA) is 27.7 Å². The molecule has 0 saturated carbocycles. The van der Waals surface area contributed by atoms with Crippen molar-refractivity contribution >= 4 is 0 Å². The van der Waals surface area contributed by atoms with Crippen LogP contribution in [0.4, 0.5) is 0 Å². The van der Waals surface area contributed by atoms with Crippen LogP contribution in [-0.2, 0) is 24.2 Å². The van der Waals surface area contributed by atoms with Crippen LogP contribution in [0.25, 0.3) is 0 Å². The molecule has 3 heteroatoms. The van der Waals surface area contributed by atoms with Gasteiger partial charge in [-0.1, -0.05) is 56.2 Å². The fraction of sp³-hybridized carbons (Fsp3) is 0.391. The molecule has 2 aromatic carbocycles. The third-order valence-corrected chi connectivity index (χ3v) is 4.61. The van der Waals surface area contributed by atoms with Crippen molar-refractivity contribution in [2.24, 2.45) is 0 Å². The van der Waals surface area contributed by atoms with Gasteiger partial charge in [-0.2, -0.15) is 0 Å². The summed E-state index contributed by atoms with van der Waals surface area (Å²) in [6, 6.07) is 14.2. The second kappa shape index (κ2) is 9.44. The fourth-order valence-electron chi connectivity index (χ4n) is 3.23. The molecule has 1 heterocycles. The van der Waals surface area contributed by atoms with E-state index < -0.39 is 0 Å². The van der Waals surface area contributed by atoms with Gasteiger partial charge in [-0.15, -0.1) is 6.58 Å². The summed E-state index contributed by atoms with van der Waals surface area (Å²) in [6.07, 6.45) is 6.74. The molecule has 0 saturated heterocycles. The molecule has 0 N–H and O–H groups in total. The Balaban J connectivity index is 1.68. The molecule has 1 aliphatic rings. The monoisotopic (exact) mass is 352 g/mol. The lowest BCUT2D eigenvalue weighted by molar-refractivity contribution is -0.0666. The summed E-state index contributed by atoms with van der Waals surface area (Å²) in [4.78, 5) is 0. The smallest absolute Gasteiger partial charge is 0.204 e. The second-order valence-electron chi connectivity index (χ2n) is 6.62. The maximum Gasteiger partial charge on any atom is 0.204 e. The summed E-state index contributed by atoms with van der Waals surface area (Å²) in [5, 5.41) is 0. The van der Waals surface area contributed by atoms with Crippen LogP contribution < -0.4 is 9.47 Å². The largest absolute Gasteiger partial charge is 0.489 e. The van der Waals surface area contributed by atoms with E-state index >= 15 is 0 Å². The number of fused-ring (bicyclic) bond motifs is 1. The van der Waals surface area contributed by atoms with Crippen molar-refractivity contribution in [2.45, 2.75) is 51.9 Å². The van der Waals surface area contributed by atoms with E-state index in [1.54, 1.807) is 0 Å². The van der Waals surface area contributed by atoms with Crippen molar-refractivity contribution in [3.63, 3.8) is 0 Å². The molecule has 0 fully saturated rings. The van der Waals surface area contributed by atoms with Gasteiger partial charge in [0.2, 0.25) is 6.29 Å². The zero-order chi connectivity index (χ0) is 18.2. The van der Waals surface area contributed by atoms with Gasteiger partial charge in [0.25, 0.3) is 0 Å². The Morgan fingerprint density at radius 2 is 2.00 bits per heavy atom. The molecule has 0 spiro atoms. The first-order chi connectivity index (χ1) is 12.8. The van der Waals surface area contributed by atoms with Gasteiger partial charge in [0.1, 0.15) is 18.1 Å². The molecular weight excluding hydrogens is 324 g/mol. The van der Waals surface area contributed by atoms with Crippen molar-refractivity contribution in [3.05, 3.63) is 71.8 Å². The van der Waals surface area contributed by atoms with Crippen molar-refractivity contribution in [2.75, 3.05) is 6.61 Å². The first-order valence-electron chi connectivity index (χ1n) is 9.52. The predicted molar refractivity (Wildman–Crippen MR) is 105 cm³/mol. The van der Waals surface area contributed by atoms with Crippen LogP contribution >= 0.6 is 0 Å². The summed E-state index contributed by atoms with van der Waals surface area (Å²) < 4.78 is 18.0. The molecule has 2 aromatic rings. The predicted octanol–water partition coefficient (Wildman–Crippen LogP) is 5.46. The van der Waals surface area contributed by atoms with Gasteiger partial charge < -0.3 is 14.2 Å². The Kier molecular flexibility index (Phi) is 6.73. The molecule has 1 atom stereocenters. The molecule has 1 unspecified atom stereocenters. The fourth-order valence-corrected chi connectivity index (χ4v) is 3.23. The van der Waals surface area contributed by atoms with Crippen LogP contribution in [0.5, 0.6) is 11.5 Å². The average molecular weight is 352 g/mol. The molecule has 0 aromatic heterocycles. The van der Waals surface area contributed by atoms with Crippen LogP contribution in [0, 0.1) is 0 Å². The molecule has 0 amide bonds. The maximum absolute atomic E-state index is 6.11. The van der Waals surface area contributed by atoms with Crippen molar-refractivity contribution in [1.82, 2.24) is 0 Å². The first kappa shape index (κ1) is 18.5. The Labute approximate surface area is 156 Å². The van der Waals surface area contributed by atoms with Gasteiger partial charge >= 0.3 is 0 Å². The van der Waals surface area contributed by atoms with E-state index in [2.05, 4.69) is 25.6 Å². The Bertz CT molecular complexity index is 709. The summed E-state index contributed by atoms with van der Waals surface area (Å²) in [5.74, 6) is 1.82. The minimum absolute atomic E-state index is 0.185. The molecule has 0 aliphatic carbocycles. The van der Waals surface area contributed by atoms with E-state index in [-0.39, 0.29) is 6.29 Å². The number of rotatable bonds is 10. The molecule has 0 bridgehead atoms. The van der Waals surface area contributed by atoms with E-state index in [0.29, 0.717) is 6.61 Å². The zero-order valence-electron chi connectivity index (χ0n) is 15.6. The Morgan fingerprint density at radius 3 is 2.77 bits per heavy atom. The highest BCUT2D eigenvalue weighted by molar-refractivity contribution is 5.51. The number of unbranched alkanes of at least 4 members (excludes halogenated alkanes) is 2. The first-order valence-corrected chi connectivity index (χ1v) is 9.52. The van der Waals surface area contributed by atoms with Crippen LogP contribution in [0.3, 0.4) is 0 Å². The number of benzene rings is 2. The molecule has 0 radical (unpaired) electrons. The highest BCUT2D eigenvalue weighted by Crippen LogP contribution is 2.38. The highest BCUT2D eigenvalue weighted by atomic mass is 16.7. The molecule has 1 aliphatic heterocycles. The quantitative estimate of drug-likeness (QED) is 0.420. The molecule has 3 rings (SSSR count). The maximum atomic E-state index is 6.11. The van der Waals surface area contributed by atoms with Crippen molar-refractivity contribution < 1.29 is 14.2 Å². The van der Waals surface area contributed by atoms with Crippen molar-refractivity contribution in [1.29, 1.82) is 0 Å². The minimum Gasteiger partial charge on any atom is -0.489 e. The van der Waals surface area contributed by atoms with Gasteiger partial charge in [-0.05, 0) is 30.5 Å². The Hall–Kier alpha value is -2.26. The lowest BCUT2D eigenvalue weighted by atomic mass is 10.0. The molecule has 138 valence electrons. The van der Waals surface area contributed by atoms with Gasteiger partial charge in [-0.3, -0.25) is 0 Å². The number of hydrogen-bond donors (Lipinski definition) is 0. The number of hydrogen-bond acceptors (Lipinski definition) is 3. The second-order valence-corrected chi connectivity index (χ2v) is 6.62. The Morgan fingerprint density at radius 1 is 1.15 bits per heavy atom. The van der Waals surface area contributed by atoms with E-state index in [9.17, 15) is 0 Å². The third kappa shape index (κ3) is 4.67. The van der Waals surface area contributed by atoms with E-state index in [1.807, 2.05) is 36.4 Å².